The third-order valence-electron chi connectivity index (χ3n) is 4.03. The smallest absolute Gasteiger partial charge is 0.238 e. The molecule has 3 rings (SSSR count). The normalized spacial score (nSPS) is 17.0. The Morgan fingerprint density at radius 1 is 1.05 bits per heavy atom. The Labute approximate surface area is 125 Å². The lowest BCUT2D eigenvalue weighted by atomic mass is 10.1. The summed E-state index contributed by atoms with van der Waals surface area (Å²) in [4.78, 5) is 16.7. The van der Waals surface area contributed by atoms with Gasteiger partial charge in [-0.15, -0.1) is 0 Å². The number of benzene rings is 2. The summed E-state index contributed by atoms with van der Waals surface area (Å²) in [5.41, 5.74) is 0.896. The maximum absolute atomic E-state index is 12.2. The van der Waals surface area contributed by atoms with Gasteiger partial charge in [-0.2, -0.15) is 0 Å². The molecule has 0 atom stereocenters. The molecular formula is C17H21N3O. The van der Waals surface area contributed by atoms with Gasteiger partial charge in [-0.25, -0.2) is 0 Å². The van der Waals surface area contributed by atoms with Crippen LogP contribution >= 0.6 is 0 Å². The SMILES string of the molecule is CN1CCN(CC(=O)Nc2cccc3ccccc23)CC1. The van der Waals surface area contributed by atoms with E-state index in [2.05, 4.69) is 34.3 Å². The first-order valence-corrected chi connectivity index (χ1v) is 7.41. The Kier molecular flexibility index (Phi) is 4.18. The molecule has 1 amide bonds. The van der Waals surface area contributed by atoms with Crippen LogP contribution < -0.4 is 5.32 Å². The highest BCUT2D eigenvalue weighted by Crippen LogP contribution is 2.22. The lowest BCUT2D eigenvalue weighted by molar-refractivity contribution is -0.117. The van der Waals surface area contributed by atoms with Crippen LogP contribution in [0.4, 0.5) is 5.69 Å². The van der Waals surface area contributed by atoms with Crippen molar-refractivity contribution in [1.82, 2.24) is 9.80 Å². The Balaban J connectivity index is 1.66. The molecule has 0 radical (unpaired) electrons. The molecule has 110 valence electrons. The Morgan fingerprint density at radius 3 is 2.57 bits per heavy atom. The molecule has 1 saturated heterocycles. The fraction of sp³-hybridized carbons (Fsp3) is 0.353. The van der Waals surface area contributed by atoms with E-state index in [0.717, 1.165) is 42.6 Å². The van der Waals surface area contributed by atoms with E-state index >= 15 is 0 Å². The van der Waals surface area contributed by atoms with Gasteiger partial charge in [-0.1, -0.05) is 36.4 Å². The van der Waals surface area contributed by atoms with E-state index in [9.17, 15) is 4.79 Å². The van der Waals surface area contributed by atoms with Crippen molar-refractivity contribution in [2.75, 3.05) is 45.1 Å². The third kappa shape index (κ3) is 3.40. The number of nitrogens with one attached hydrogen (secondary N) is 1. The van der Waals surface area contributed by atoms with E-state index in [1.807, 2.05) is 30.3 Å². The van der Waals surface area contributed by atoms with Crippen molar-refractivity contribution < 1.29 is 4.79 Å². The number of likely N-dealkylation sites (N-methyl/N-ethyl adjacent to an activating group) is 1. The van der Waals surface area contributed by atoms with Crippen LogP contribution in [0, 0.1) is 0 Å². The molecule has 1 aliphatic heterocycles. The number of rotatable bonds is 3. The minimum absolute atomic E-state index is 0.0657. The first kappa shape index (κ1) is 14.0. The first-order chi connectivity index (χ1) is 10.2. The molecule has 1 heterocycles. The summed E-state index contributed by atoms with van der Waals surface area (Å²) < 4.78 is 0. The topological polar surface area (TPSA) is 35.6 Å². The Bertz CT molecular complexity index is 627. The monoisotopic (exact) mass is 283 g/mol. The number of amides is 1. The molecule has 2 aromatic carbocycles. The maximum atomic E-state index is 12.2. The molecule has 4 nitrogen and oxygen atoms in total. The third-order valence-corrected chi connectivity index (χ3v) is 4.03. The zero-order valence-electron chi connectivity index (χ0n) is 12.4. The van der Waals surface area contributed by atoms with Gasteiger partial charge >= 0.3 is 0 Å². The summed E-state index contributed by atoms with van der Waals surface area (Å²) in [6.07, 6.45) is 0. The van der Waals surface area contributed by atoms with Crippen molar-refractivity contribution in [2.45, 2.75) is 0 Å². The average Bonchev–Trinajstić information content (AvgIpc) is 2.50. The fourth-order valence-electron chi connectivity index (χ4n) is 2.73. The highest BCUT2D eigenvalue weighted by atomic mass is 16.2. The number of hydrogen-bond donors (Lipinski definition) is 1. The molecule has 1 N–H and O–H groups in total. The molecule has 1 fully saturated rings. The highest BCUT2D eigenvalue weighted by molar-refractivity contribution is 6.02. The summed E-state index contributed by atoms with van der Waals surface area (Å²) >= 11 is 0. The van der Waals surface area contributed by atoms with Gasteiger partial charge in [-0.3, -0.25) is 9.69 Å². The minimum Gasteiger partial charge on any atom is -0.324 e. The van der Waals surface area contributed by atoms with Crippen molar-refractivity contribution >= 4 is 22.4 Å². The predicted octanol–water partition coefficient (Wildman–Crippen LogP) is 2.03. The second-order valence-corrected chi connectivity index (χ2v) is 5.65. The molecule has 0 aliphatic carbocycles. The van der Waals surface area contributed by atoms with Crippen LogP contribution in [0.5, 0.6) is 0 Å². The Morgan fingerprint density at radius 2 is 1.76 bits per heavy atom. The van der Waals surface area contributed by atoms with Crippen molar-refractivity contribution in [3.8, 4) is 0 Å². The molecule has 1 aliphatic rings. The molecular weight excluding hydrogens is 262 g/mol. The fourth-order valence-corrected chi connectivity index (χ4v) is 2.73. The van der Waals surface area contributed by atoms with E-state index < -0.39 is 0 Å². The van der Waals surface area contributed by atoms with Crippen LogP contribution in [0.2, 0.25) is 0 Å². The van der Waals surface area contributed by atoms with Gasteiger partial charge in [-0.05, 0) is 18.5 Å². The molecule has 0 bridgehead atoms. The number of piperazine rings is 1. The number of fused-ring (bicyclic) bond motifs is 1. The van der Waals surface area contributed by atoms with Gasteiger partial charge in [0.2, 0.25) is 5.91 Å². The number of carbonyl (C=O) groups is 1. The maximum Gasteiger partial charge on any atom is 0.238 e. The molecule has 0 saturated carbocycles. The summed E-state index contributed by atoms with van der Waals surface area (Å²) in [7, 11) is 2.12. The van der Waals surface area contributed by atoms with Crippen molar-refractivity contribution in [3.63, 3.8) is 0 Å². The van der Waals surface area contributed by atoms with E-state index in [-0.39, 0.29) is 5.91 Å². The molecule has 4 heteroatoms. The van der Waals surface area contributed by atoms with Crippen molar-refractivity contribution in [1.29, 1.82) is 0 Å². The van der Waals surface area contributed by atoms with E-state index in [1.54, 1.807) is 0 Å². The number of carbonyl (C=O) groups excluding carboxylic acids is 1. The first-order valence-electron chi connectivity index (χ1n) is 7.41. The molecule has 2 aromatic rings. The van der Waals surface area contributed by atoms with Gasteiger partial charge < -0.3 is 10.2 Å². The number of hydrogen-bond acceptors (Lipinski definition) is 3. The second-order valence-electron chi connectivity index (χ2n) is 5.65. The summed E-state index contributed by atoms with van der Waals surface area (Å²) in [5.74, 6) is 0.0657. The van der Waals surface area contributed by atoms with Crippen LogP contribution in [-0.2, 0) is 4.79 Å². The van der Waals surface area contributed by atoms with E-state index in [0.29, 0.717) is 6.54 Å². The lowest BCUT2D eigenvalue weighted by Gasteiger charge is -2.31. The number of nitrogens with zero attached hydrogens (tertiary/aromatic N) is 2. The van der Waals surface area contributed by atoms with Crippen LogP contribution in [0.1, 0.15) is 0 Å². The van der Waals surface area contributed by atoms with Gasteiger partial charge in [0.05, 0.1) is 6.54 Å². The average molecular weight is 283 g/mol. The Hall–Kier alpha value is -1.91. The van der Waals surface area contributed by atoms with Gasteiger partial charge in [0.25, 0.3) is 0 Å². The standard InChI is InChI=1S/C17H21N3O/c1-19-9-11-20(12-10-19)13-17(21)18-16-8-4-6-14-5-2-3-7-15(14)16/h2-8H,9-13H2,1H3,(H,18,21). The van der Waals surface area contributed by atoms with E-state index in [4.69, 9.17) is 0 Å². The second kappa shape index (κ2) is 6.24. The van der Waals surface area contributed by atoms with Crippen LogP contribution in [-0.4, -0.2) is 55.5 Å². The van der Waals surface area contributed by atoms with Crippen LogP contribution in [0.3, 0.4) is 0 Å². The van der Waals surface area contributed by atoms with Gasteiger partial charge in [0, 0.05) is 37.3 Å². The van der Waals surface area contributed by atoms with Crippen molar-refractivity contribution in [2.24, 2.45) is 0 Å². The zero-order chi connectivity index (χ0) is 14.7. The molecule has 0 aromatic heterocycles. The number of anilines is 1. The van der Waals surface area contributed by atoms with Crippen LogP contribution in [0.15, 0.2) is 42.5 Å². The lowest BCUT2D eigenvalue weighted by Crippen LogP contribution is -2.47. The van der Waals surface area contributed by atoms with Gasteiger partial charge in [0.1, 0.15) is 0 Å². The largest absolute Gasteiger partial charge is 0.324 e. The van der Waals surface area contributed by atoms with Crippen molar-refractivity contribution in [3.05, 3.63) is 42.5 Å². The molecule has 21 heavy (non-hydrogen) atoms. The summed E-state index contributed by atoms with van der Waals surface area (Å²) in [6, 6.07) is 14.1. The van der Waals surface area contributed by atoms with Gasteiger partial charge in [0.15, 0.2) is 0 Å². The van der Waals surface area contributed by atoms with Crippen LogP contribution in [0.25, 0.3) is 10.8 Å². The van der Waals surface area contributed by atoms with E-state index in [1.165, 1.54) is 0 Å². The quantitative estimate of drug-likeness (QED) is 0.936. The predicted molar refractivity (Wildman–Crippen MR) is 86.5 cm³/mol. The zero-order valence-corrected chi connectivity index (χ0v) is 12.4. The summed E-state index contributed by atoms with van der Waals surface area (Å²) in [5, 5.41) is 5.29. The minimum atomic E-state index is 0.0657. The highest BCUT2D eigenvalue weighted by Gasteiger charge is 2.16. The molecule has 0 spiro atoms. The summed E-state index contributed by atoms with van der Waals surface area (Å²) in [6.45, 7) is 4.44. The molecule has 0 unspecified atom stereocenters.